The van der Waals surface area contributed by atoms with Crippen LogP contribution in [-0.4, -0.2) is 44.9 Å². The maximum absolute atomic E-state index is 11.5. The lowest BCUT2D eigenvalue weighted by Crippen LogP contribution is -2.39. The fourth-order valence-corrected chi connectivity index (χ4v) is 1.95. The molecule has 0 aromatic heterocycles. The molecule has 0 aliphatic rings. The summed E-state index contributed by atoms with van der Waals surface area (Å²) in [6, 6.07) is 7.86. The third-order valence-corrected chi connectivity index (χ3v) is 3.16. The molecule has 0 heterocycles. The molecule has 3 N–H and O–H groups in total. The SMILES string of the molecule is CN=C(NCCCNC(=O)OC(C)(C)C)NCc1ccc(OC)cc1. The summed E-state index contributed by atoms with van der Waals surface area (Å²) in [5, 5.41) is 9.17. The normalized spacial score (nSPS) is 11.6. The first kappa shape index (κ1) is 20.6. The first-order valence-electron chi connectivity index (χ1n) is 8.38. The van der Waals surface area contributed by atoms with Gasteiger partial charge in [0.2, 0.25) is 0 Å². The molecule has 140 valence electrons. The Morgan fingerprint density at radius 2 is 1.72 bits per heavy atom. The van der Waals surface area contributed by atoms with E-state index in [0.717, 1.165) is 17.7 Å². The minimum absolute atomic E-state index is 0.394. The molecular formula is C18H30N4O3. The van der Waals surface area contributed by atoms with E-state index in [1.807, 2.05) is 45.0 Å². The van der Waals surface area contributed by atoms with Gasteiger partial charge in [-0.1, -0.05) is 12.1 Å². The van der Waals surface area contributed by atoms with Gasteiger partial charge in [0.25, 0.3) is 0 Å². The largest absolute Gasteiger partial charge is 0.497 e. The second-order valence-electron chi connectivity index (χ2n) is 6.48. The Morgan fingerprint density at radius 1 is 1.08 bits per heavy atom. The van der Waals surface area contributed by atoms with Crippen LogP contribution in [0.2, 0.25) is 0 Å². The van der Waals surface area contributed by atoms with Crippen LogP contribution < -0.4 is 20.7 Å². The topological polar surface area (TPSA) is 84.0 Å². The highest BCUT2D eigenvalue weighted by Crippen LogP contribution is 2.10. The lowest BCUT2D eigenvalue weighted by atomic mass is 10.2. The average Bonchev–Trinajstić information content (AvgIpc) is 2.56. The second-order valence-corrected chi connectivity index (χ2v) is 6.48. The van der Waals surface area contributed by atoms with Crippen LogP contribution in [-0.2, 0) is 11.3 Å². The monoisotopic (exact) mass is 350 g/mol. The van der Waals surface area contributed by atoms with E-state index in [0.29, 0.717) is 25.6 Å². The average molecular weight is 350 g/mol. The van der Waals surface area contributed by atoms with Crippen molar-refractivity contribution in [1.29, 1.82) is 0 Å². The molecule has 7 heteroatoms. The third kappa shape index (κ3) is 9.44. The highest BCUT2D eigenvalue weighted by Gasteiger charge is 2.15. The molecule has 0 spiro atoms. The summed E-state index contributed by atoms with van der Waals surface area (Å²) in [5.41, 5.74) is 0.658. The molecule has 1 rings (SSSR count). The summed E-state index contributed by atoms with van der Waals surface area (Å²) in [6.07, 6.45) is 0.372. The number of guanidine groups is 1. The van der Waals surface area contributed by atoms with Crippen molar-refractivity contribution in [3.63, 3.8) is 0 Å². The summed E-state index contributed by atoms with van der Waals surface area (Å²) >= 11 is 0. The van der Waals surface area contributed by atoms with Crippen molar-refractivity contribution in [3.8, 4) is 5.75 Å². The number of alkyl carbamates (subject to hydrolysis) is 1. The maximum Gasteiger partial charge on any atom is 0.407 e. The zero-order chi connectivity index (χ0) is 18.7. The van der Waals surface area contributed by atoms with Crippen LogP contribution in [0.15, 0.2) is 29.3 Å². The lowest BCUT2D eigenvalue weighted by molar-refractivity contribution is 0.0527. The van der Waals surface area contributed by atoms with Crippen molar-refractivity contribution in [2.75, 3.05) is 27.2 Å². The molecule has 0 saturated carbocycles. The van der Waals surface area contributed by atoms with E-state index in [1.54, 1.807) is 14.2 Å². The van der Waals surface area contributed by atoms with E-state index < -0.39 is 11.7 Å². The van der Waals surface area contributed by atoms with Crippen molar-refractivity contribution in [1.82, 2.24) is 16.0 Å². The van der Waals surface area contributed by atoms with Crippen LogP contribution in [0.4, 0.5) is 4.79 Å². The van der Waals surface area contributed by atoms with Gasteiger partial charge in [-0.05, 0) is 44.9 Å². The molecule has 0 bridgehead atoms. The van der Waals surface area contributed by atoms with E-state index in [4.69, 9.17) is 9.47 Å². The fourth-order valence-electron chi connectivity index (χ4n) is 1.95. The number of hydrogen-bond donors (Lipinski definition) is 3. The van der Waals surface area contributed by atoms with Crippen LogP contribution in [0.25, 0.3) is 0 Å². The molecule has 0 radical (unpaired) electrons. The highest BCUT2D eigenvalue weighted by molar-refractivity contribution is 5.79. The van der Waals surface area contributed by atoms with Crippen molar-refractivity contribution < 1.29 is 14.3 Å². The van der Waals surface area contributed by atoms with Gasteiger partial charge < -0.3 is 25.4 Å². The number of benzene rings is 1. The molecule has 0 fully saturated rings. The lowest BCUT2D eigenvalue weighted by Gasteiger charge is -2.19. The number of amides is 1. The number of nitrogens with zero attached hydrogens (tertiary/aromatic N) is 1. The quantitative estimate of drug-likeness (QED) is 0.399. The molecule has 0 aliphatic heterocycles. The van der Waals surface area contributed by atoms with Crippen LogP contribution in [0.5, 0.6) is 5.75 Å². The molecular weight excluding hydrogens is 320 g/mol. The molecule has 0 unspecified atom stereocenters. The van der Waals surface area contributed by atoms with Gasteiger partial charge >= 0.3 is 6.09 Å². The van der Waals surface area contributed by atoms with Crippen molar-refractivity contribution in [2.45, 2.75) is 39.3 Å². The Hall–Kier alpha value is -2.44. The molecule has 1 amide bonds. The molecule has 1 aromatic carbocycles. The Kier molecular flexibility index (Phi) is 8.60. The van der Waals surface area contributed by atoms with Gasteiger partial charge in [0, 0.05) is 26.7 Å². The Balaban J connectivity index is 2.20. The van der Waals surface area contributed by atoms with Gasteiger partial charge in [0.1, 0.15) is 11.4 Å². The van der Waals surface area contributed by atoms with Gasteiger partial charge in [0.15, 0.2) is 5.96 Å². The first-order chi connectivity index (χ1) is 11.8. The van der Waals surface area contributed by atoms with Crippen LogP contribution in [0, 0.1) is 0 Å². The summed E-state index contributed by atoms with van der Waals surface area (Å²) < 4.78 is 10.3. The number of ether oxygens (including phenoxy) is 2. The number of rotatable bonds is 7. The van der Waals surface area contributed by atoms with Gasteiger partial charge in [-0.3, -0.25) is 4.99 Å². The molecule has 0 atom stereocenters. The molecule has 7 nitrogen and oxygen atoms in total. The zero-order valence-electron chi connectivity index (χ0n) is 15.8. The van der Waals surface area contributed by atoms with Crippen molar-refractivity contribution >= 4 is 12.1 Å². The van der Waals surface area contributed by atoms with Crippen molar-refractivity contribution in [2.24, 2.45) is 4.99 Å². The number of nitrogens with one attached hydrogen (secondary N) is 3. The minimum Gasteiger partial charge on any atom is -0.497 e. The minimum atomic E-state index is -0.476. The van der Waals surface area contributed by atoms with Gasteiger partial charge in [-0.25, -0.2) is 4.79 Å². The van der Waals surface area contributed by atoms with Crippen molar-refractivity contribution in [3.05, 3.63) is 29.8 Å². The van der Waals surface area contributed by atoms with Crippen LogP contribution >= 0.6 is 0 Å². The van der Waals surface area contributed by atoms with E-state index in [1.165, 1.54) is 0 Å². The van der Waals surface area contributed by atoms with Gasteiger partial charge in [0.05, 0.1) is 7.11 Å². The number of methoxy groups -OCH3 is 1. The molecule has 0 aliphatic carbocycles. The Morgan fingerprint density at radius 3 is 2.28 bits per heavy atom. The predicted molar refractivity (Wildman–Crippen MR) is 100 cm³/mol. The summed E-state index contributed by atoms with van der Waals surface area (Å²) in [4.78, 5) is 15.7. The van der Waals surface area contributed by atoms with Gasteiger partial charge in [-0.2, -0.15) is 0 Å². The summed E-state index contributed by atoms with van der Waals surface area (Å²) in [6.45, 7) is 7.42. The number of hydrogen-bond acceptors (Lipinski definition) is 4. The summed E-state index contributed by atoms with van der Waals surface area (Å²) in [7, 11) is 3.37. The number of carbonyl (C=O) groups excluding carboxylic acids is 1. The van der Waals surface area contributed by atoms with E-state index in [2.05, 4.69) is 20.9 Å². The predicted octanol–water partition coefficient (Wildman–Crippen LogP) is 2.27. The maximum atomic E-state index is 11.5. The standard InChI is InChI=1S/C18H30N4O3/c1-18(2,3)25-17(23)21-12-6-11-20-16(19-4)22-13-14-7-9-15(24-5)10-8-14/h7-10H,6,11-13H2,1-5H3,(H,21,23)(H2,19,20,22). The van der Waals surface area contributed by atoms with E-state index in [-0.39, 0.29) is 0 Å². The number of aliphatic imine (C=N–C) groups is 1. The molecule has 0 saturated heterocycles. The summed E-state index contributed by atoms with van der Waals surface area (Å²) in [5.74, 6) is 1.55. The first-order valence-corrected chi connectivity index (χ1v) is 8.38. The van der Waals surface area contributed by atoms with Crippen LogP contribution in [0.1, 0.15) is 32.8 Å². The fraction of sp³-hybridized carbons (Fsp3) is 0.556. The Labute approximate surface area is 150 Å². The van der Waals surface area contributed by atoms with Crippen LogP contribution in [0.3, 0.4) is 0 Å². The van der Waals surface area contributed by atoms with Gasteiger partial charge in [-0.15, -0.1) is 0 Å². The highest BCUT2D eigenvalue weighted by atomic mass is 16.6. The van der Waals surface area contributed by atoms with E-state index >= 15 is 0 Å². The smallest absolute Gasteiger partial charge is 0.407 e. The third-order valence-electron chi connectivity index (χ3n) is 3.16. The zero-order valence-corrected chi connectivity index (χ0v) is 15.8. The molecule has 25 heavy (non-hydrogen) atoms. The van der Waals surface area contributed by atoms with E-state index in [9.17, 15) is 4.79 Å². The second kappa shape index (κ2) is 10.4. The Bertz CT molecular complexity index is 550. The number of carbonyl (C=O) groups is 1. The molecule has 1 aromatic rings.